The molecule has 1 aliphatic rings. The van der Waals surface area contributed by atoms with E-state index in [1.54, 1.807) is 0 Å². The molecular weight excluding hydrogens is 222 g/mol. The standard InChI is InChI=1S/C13H14ClNO/c1-8(2)15-7-9-6-11-10(13(9)16)4-3-5-12(11)14/h3-5,7-8,15H,6H2,1-2H3. The van der Waals surface area contributed by atoms with E-state index < -0.39 is 0 Å². The molecule has 0 saturated heterocycles. The van der Waals surface area contributed by atoms with Gasteiger partial charge in [0.2, 0.25) is 0 Å². The highest BCUT2D eigenvalue weighted by Crippen LogP contribution is 2.31. The fourth-order valence-electron chi connectivity index (χ4n) is 1.78. The molecule has 0 bridgehead atoms. The molecular formula is C13H14ClNO. The summed E-state index contributed by atoms with van der Waals surface area (Å²) in [6, 6.07) is 5.81. The fourth-order valence-corrected chi connectivity index (χ4v) is 2.02. The van der Waals surface area contributed by atoms with Gasteiger partial charge in [0, 0.05) is 34.8 Å². The number of allylic oxidation sites excluding steroid dienone is 1. The van der Waals surface area contributed by atoms with Crippen molar-refractivity contribution in [3.05, 3.63) is 46.1 Å². The van der Waals surface area contributed by atoms with Crippen molar-refractivity contribution < 1.29 is 4.79 Å². The number of benzene rings is 1. The lowest BCUT2D eigenvalue weighted by molar-refractivity contribution is 0.103. The molecule has 0 fully saturated rings. The van der Waals surface area contributed by atoms with Crippen LogP contribution in [0.5, 0.6) is 0 Å². The molecule has 1 aromatic carbocycles. The van der Waals surface area contributed by atoms with E-state index in [9.17, 15) is 4.79 Å². The highest BCUT2D eigenvalue weighted by Gasteiger charge is 2.26. The van der Waals surface area contributed by atoms with Gasteiger partial charge in [-0.05, 0) is 25.5 Å². The lowest BCUT2D eigenvalue weighted by atomic mass is 10.1. The Bertz CT molecular complexity index is 463. The van der Waals surface area contributed by atoms with E-state index in [2.05, 4.69) is 5.32 Å². The van der Waals surface area contributed by atoms with Crippen molar-refractivity contribution in [3.8, 4) is 0 Å². The summed E-state index contributed by atoms with van der Waals surface area (Å²) in [5, 5.41) is 3.83. The number of hydrogen-bond acceptors (Lipinski definition) is 2. The number of hydrogen-bond donors (Lipinski definition) is 1. The molecule has 84 valence electrons. The number of Topliss-reactive ketones (excluding diaryl/α,β-unsaturated/α-hetero) is 1. The summed E-state index contributed by atoms with van der Waals surface area (Å²) in [6.07, 6.45) is 2.44. The van der Waals surface area contributed by atoms with Gasteiger partial charge in [0.25, 0.3) is 0 Å². The summed E-state index contributed by atoms with van der Waals surface area (Å²) >= 11 is 6.06. The highest BCUT2D eigenvalue weighted by molar-refractivity contribution is 6.32. The van der Waals surface area contributed by atoms with E-state index in [0.717, 1.165) is 16.7 Å². The number of rotatable bonds is 2. The van der Waals surface area contributed by atoms with Crippen LogP contribution in [0.15, 0.2) is 30.0 Å². The second kappa shape index (κ2) is 4.30. The van der Waals surface area contributed by atoms with Gasteiger partial charge >= 0.3 is 0 Å². The Morgan fingerprint density at radius 1 is 1.44 bits per heavy atom. The zero-order valence-corrected chi connectivity index (χ0v) is 10.1. The van der Waals surface area contributed by atoms with Crippen LogP contribution < -0.4 is 5.32 Å². The number of ketones is 1. The molecule has 0 amide bonds. The molecule has 0 spiro atoms. The molecule has 0 aromatic heterocycles. The fraction of sp³-hybridized carbons (Fsp3) is 0.308. The minimum absolute atomic E-state index is 0.0886. The molecule has 0 heterocycles. The van der Waals surface area contributed by atoms with E-state index in [1.165, 1.54) is 0 Å². The number of carbonyl (C=O) groups excluding carboxylic acids is 1. The van der Waals surface area contributed by atoms with Crippen LogP contribution in [-0.4, -0.2) is 11.8 Å². The first-order valence-electron chi connectivity index (χ1n) is 5.36. The monoisotopic (exact) mass is 235 g/mol. The van der Waals surface area contributed by atoms with Gasteiger partial charge in [-0.15, -0.1) is 0 Å². The minimum Gasteiger partial charge on any atom is -0.388 e. The van der Waals surface area contributed by atoms with Crippen LogP contribution in [0.4, 0.5) is 0 Å². The molecule has 1 aromatic rings. The third-order valence-electron chi connectivity index (χ3n) is 2.61. The second-order valence-corrected chi connectivity index (χ2v) is 4.67. The van der Waals surface area contributed by atoms with E-state index in [1.807, 2.05) is 38.2 Å². The van der Waals surface area contributed by atoms with Crippen molar-refractivity contribution >= 4 is 17.4 Å². The zero-order chi connectivity index (χ0) is 11.7. The SMILES string of the molecule is CC(C)NC=C1Cc2c(Cl)cccc2C1=O. The lowest BCUT2D eigenvalue weighted by Crippen LogP contribution is -2.17. The second-order valence-electron chi connectivity index (χ2n) is 4.26. The van der Waals surface area contributed by atoms with Crippen LogP contribution in [0.2, 0.25) is 5.02 Å². The topological polar surface area (TPSA) is 29.1 Å². The number of halogens is 1. The van der Waals surface area contributed by atoms with Crippen LogP contribution in [0.25, 0.3) is 0 Å². The number of nitrogens with one attached hydrogen (secondary N) is 1. The Kier molecular flexibility index (Phi) is 3.01. The number of fused-ring (bicyclic) bond motifs is 1. The predicted molar refractivity (Wildman–Crippen MR) is 65.8 cm³/mol. The Morgan fingerprint density at radius 2 is 2.19 bits per heavy atom. The summed E-state index contributed by atoms with van der Waals surface area (Å²) < 4.78 is 0. The van der Waals surface area contributed by atoms with Crippen molar-refractivity contribution in [3.63, 3.8) is 0 Å². The highest BCUT2D eigenvalue weighted by atomic mass is 35.5. The molecule has 16 heavy (non-hydrogen) atoms. The summed E-state index contributed by atoms with van der Waals surface area (Å²) in [6.45, 7) is 4.08. The largest absolute Gasteiger partial charge is 0.388 e. The first kappa shape index (κ1) is 11.2. The van der Waals surface area contributed by atoms with Crippen LogP contribution in [0, 0.1) is 0 Å². The quantitative estimate of drug-likeness (QED) is 0.799. The first-order chi connectivity index (χ1) is 7.59. The van der Waals surface area contributed by atoms with Gasteiger partial charge in [0.05, 0.1) is 0 Å². The predicted octanol–water partition coefficient (Wildman–Crippen LogP) is 2.96. The van der Waals surface area contributed by atoms with Gasteiger partial charge < -0.3 is 5.32 Å². The molecule has 0 aliphatic heterocycles. The van der Waals surface area contributed by atoms with Crippen molar-refractivity contribution in [1.82, 2.24) is 5.32 Å². The maximum absolute atomic E-state index is 12.0. The molecule has 1 N–H and O–H groups in total. The van der Waals surface area contributed by atoms with E-state index in [4.69, 9.17) is 11.6 Å². The Morgan fingerprint density at radius 3 is 2.81 bits per heavy atom. The minimum atomic E-state index is 0.0886. The third-order valence-corrected chi connectivity index (χ3v) is 2.97. The average Bonchev–Trinajstić information content (AvgIpc) is 2.55. The van der Waals surface area contributed by atoms with Gasteiger partial charge in [-0.3, -0.25) is 4.79 Å². The van der Waals surface area contributed by atoms with Gasteiger partial charge in [0.15, 0.2) is 5.78 Å². The Balaban J connectivity index is 2.31. The maximum Gasteiger partial charge on any atom is 0.191 e. The Hall–Kier alpha value is -1.28. The van der Waals surface area contributed by atoms with Crippen molar-refractivity contribution in [2.45, 2.75) is 26.3 Å². The Labute approximate surface area is 100 Å². The molecule has 0 saturated carbocycles. The van der Waals surface area contributed by atoms with Gasteiger partial charge in [-0.1, -0.05) is 23.7 Å². The molecule has 2 rings (SSSR count). The van der Waals surface area contributed by atoms with Crippen LogP contribution in [0.3, 0.4) is 0 Å². The first-order valence-corrected chi connectivity index (χ1v) is 5.74. The normalized spacial score (nSPS) is 17.0. The van der Waals surface area contributed by atoms with Crippen molar-refractivity contribution in [2.75, 3.05) is 0 Å². The molecule has 2 nitrogen and oxygen atoms in total. The van der Waals surface area contributed by atoms with Gasteiger partial charge in [0.1, 0.15) is 0 Å². The van der Waals surface area contributed by atoms with E-state index in [0.29, 0.717) is 17.5 Å². The summed E-state index contributed by atoms with van der Waals surface area (Å²) in [5.74, 6) is 0.0886. The van der Waals surface area contributed by atoms with Gasteiger partial charge in [-0.2, -0.15) is 0 Å². The van der Waals surface area contributed by atoms with E-state index >= 15 is 0 Å². The number of carbonyl (C=O) groups is 1. The van der Waals surface area contributed by atoms with Gasteiger partial charge in [-0.25, -0.2) is 0 Å². The smallest absolute Gasteiger partial charge is 0.191 e. The molecule has 1 aliphatic carbocycles. The summed E-state index contributed by atoms with van der Waals surface area (Å²) in [7, 11) is 0. The van der Waals surface area contributed by atoms with Crippen molar-refractivity contribution in [1.29, 1.82) is 0 Å². The van der Waals surface area contributed by atoms with Crippen LogP contribution in [0.1, 0.15) is 29.8 Å². The average molecular weight is 236 g/mol. The zero-order valence-electron chi connectivity index (χ0n) is 9.38. The molecule has 0 unspecified atom stereocenters. The van der Waals surface area contributed by atoms with Crippen molar-refractivity contribution in [2.24, 2.45) is 0 Å². The molecule has 0 radical (unpaired) electrons. The molecule has 3 heteroatoms. The maximum atomic E-state index is 12.0. The van der Waals surface area contributed by atoms with Crippen LogP contribution >= 0.6 is 11.6 Å². The van der Waals surface area contributed by atoms with E-state index in [-0.39, 0.29) is 5.78 Å². The van der Waals surface area contributed by atoms with Crippen LogP contribution in [-0.2, 0) is 6.42 Å². The lowest BCUT2D eigenvalue weighted by Gasteiger charge is -2.04. The summed E-state index contributed by atoms with van der Waals surface area (Å²) in [5.41, 5.74) is 2.48. The molecule has 0 atom stereocenters. The third kappa shape index (κ3) is 1.98. The summed E-state index contributed by atoms with van der Waals surface area (Å²) in [4.78, 5) is 12.0.